The van der Waals surface area contributed by atoms with E-state index in [-0.39, 0.29) is 11.8 Å². The lowest BCUT2D eigenvalue weighted by Crippen LogP contribution is -2.08. The number of aryl methyl sites for hydroxylation is 2. The number of halogens is 1. The largest absolute Gasteiger partial charge is 0.450 e. The van der Waals surface area contributed by atoms with Crippen LogP contribution in [0.15, 0.2) is 18.2 Å². The maximum absolute atomic E-state index is 14.0. The average molecular weight is 263 g/mol. The minimum atomic E-state index is -0.419. The molecule has 0 spiro atoms. The van der Waals surface area contributed by atoms with Crippen LogP contribution in [-0.2, 0) is 7.05 Å². The lowest BCUT2D eigenvalue weighted by Gasteiger charge is -2.14. The van der Waals surface area contributed by atoms with E-state index in [1.54, 1.807) is 23.7 Å². The summed E-state index contributed by atoms with van der Waals surface area (Å²) in [5.41, 5.74) is 8.06. The lowest BCUT2D eigenvalue weighted by molar-refractivity contribution is 0.427. The molecule has 2 aromatic rings. The zero-order chi connectivity index (χ0) is 14.2. The van der Waals surface area contributed by atoms with E-state index in [4.69, 9.17) is 10.5 Å². The summed E-state index contributed by atoms with van der Waals surface area (Å²) in [4.78, 5) is 0. The van der Waals surface area contributed by atoms with Gasteiger partial charge in [-0.25, -0.2) is 4.39 Å². The van der Waals surface area contributed by atoms with Crippen molar-refractivity contribution in [2.24, 2.45) is 12.8 Å². The first-order valence-electron chi connectivity index (χ1n) is 6.14. The topological polar surface area (TPSA) is 53.1 Å². The summed E-state index contributed by atoms with van der Waals surface area (Å²) in [6.45, 7) is 5.50. The van der Waals surface area contributed by atoms with E-state index in [1.807, 2.05) is 20.9 Å². The molecule has 0 fully saturated rings. The minimum absolute atomic E-state index is 0.178. The van der Waals surface area contributed by atoms with Crippen LogP contribution in [0.4, 0.5) is 4.39 Å². The maximum Gasteiger partial charge on any atom is 0.171 e. The van der Waals surface area contributed by atoms with E-state index in [1.165, 1.54) is 6.07 Å². The van der Waals surface area contributed by atoms with Crippen molar-refractivity contribution in [3.05, 3.63) is 41.0 Å². The molecule has 0 aliphatic heterocycles. The van der Waals surface area contributed by atoms with Crippen LogP contribution >= 0.6 is 0 Å². The summed E-state index contributed by atoms with van der Waals surface area (Å²) in [6.07, 6.45) is 0. The van der Waals surface area contributed by atoms with Gasteiger partial charge < -0.3 is 10.5 Å². The van der Waals surface area contributed by atoms with Crippen LogP contribution in [0, 0.1) is 19.7 Å². The molecule has 0 amide bonds. The third kappa shape index (κ3) is 2.46. The number of rotatable bonds is 3. The SMILES string of the molecule is Cc1nn(C)c(C)c1Oc1c(F)cccc1C(C)N. The van der Waals surface area contributed by atoms with Gasteiger partial charge in [0, 0.05) is 18.7 Å². The normalized spacial score (nSPS) is 12.5. The molecule has 2 N–H and O–H groups in total. The third-order valence-corrected chi connectivity index (χ3v) is 3.13. The number of hydrogen-bond donors (Lipinski definition) is 1. The van der Waals surface area contributed by atoms with Crippen LogP contribution in [0.2, 0.25) is 0 Å². The first kappa shape index (κ1) is 13.5. The van der Waals surface area contributed by atoms with Crippen molar-refractivity contribution >= 4 is 0 Å². The molecule has 1 unspecified atom stereocenters. The number of nitrogens with two attached hydrogens (primary N) is 1. The van der Waals surface area contributed by atoms with Crippen molar-refractivity contribution < 1.29 is 9.13 Å². The van der Waals surface area contributed by atoms with E-state index < -0.39 is 5.82 Å². The summed E-state index contributed by atoms with van der Waals surface area (Å²) in [5.74, 6) is 0.337. The van der Waals surface area contributed by atoms with Crippen molar-refractivity contribution in [3.63, 3.8) is 0 Å². The standard InChI is InChI=1S/C14H18FN3O/c1-8(16)11-6-5-7-12(15)14(11)19-13-9(2)17-18(4)10(13)3/h5-8H,16H2,1-4H3. The highest BCUT2D eigenvalue weighted by molar-refractivity contribution is 5.43. The number of benzene rings is 1. The van der Waals surface area contributed by atoms with Gasteiger partial charge in [0.2, 0.25) is 0 Å². The van der Waals surface area contributed by atoms with Gasteiger partial charge in [0.1, 0.15) is 5.69 Å². The molecular formula is C14H18FN3O. The van der Waals surface area contributed by atoms with Crippen LogP contribution in [0.3, 0.4) is 0 Å². The second kappa shape index (κ2) is 5.01. The molecule has 0 saturated heterocycles. The van der Waals surface area contributed by atoms with E-state index >= 15 is 0 Å². The molecule has 1 atom stereocenters. The van der Waals surface area contributed by atoms with Crippen molar-refractivity contribution in [1.29, 1.82) is 0 Å². The van der Waals surface area contributed by atoms with Gasteiger partial charge >= 0.3 is 0 Å². The fourth-order valence-electron chi connectivity index (χ4n) is 2.00. The van der Waals surface area contributed by atoms with Gasteiger partial charge in [-0.05, 0) is 26.8 Å². The van der Waals surface area contributed by atoms with Crippen LogP contribution < -0.4 is 10.5 Å². The summed E-state index contributed by atoms with van der Waals surface area (Å²) in [5, 5.41) is 4.25. The van der Waals surface area contributed by atoms with Gasteiger partial charge in [0.25, 0.3) is 0 Å². The predicted octanol–water partition coefficient (Wildman–Crippen LogP) is 2.99. The molecule has 5 heteroatoms. The van der Waals surface area contributed by atoms with Gasteiger partial charge in [0.05, 0.1) is 5.69 Å². The van der Waals surface area contributed by atoms with Crippen molar-refractivity contribution in [1.82, 2.24) is 9.78 Å². The van der Waals surface area contributed by atoms with E-state index in [9.17, 15) is 4.39 Å². The Morgan fingerprint density at radius 2 is 2.00 bits per heavy atom. The minimum Gasteiger partial charge on any atom is -0.450 e. The second-order valence-corrected chi connectivity index (χ2v) is 4.67. The molecule has 1 aromatic carbocycles. The Hall–Kier alpha value is -1.88. The first-order valence-corrected chi connectivity index (χ1v) is 6.14. The van der Waals surface area contributed by atoms with Crippen LogP contribution in [0.25, 0.3) is 0 Å². The summed E-state index contributed by atoms with van der Waals surface area (Å²) in [7, 11) is 1.82. The molecule has 0 bridgehead atoms. The Morgan fingerprint density at radius 3 is 2.53 bits per heavy atom. The highest BCUT2D eigenvalue weighted by atomic mass is 19.1. The Bertz CT molecular complexity index is 605. The highest BCUT2D eigenvalue weighted by Gasteiger charge is 2.18. The predicted molar refractivity (Wildman–Crippen MR) is 71.8 cm³/mol. The average Bonchev–Trinajstić information content (AvgIpc) is 2.57. The Balaban J connectivity index is 2.49. The molecule has 1 aromatic heterocycles. The van der Waals surface area contributed by atoms with E-state index in [2.05, 4.69) is 5.10 Å². The zero-order valence-electron chi connectivity index (χ0n) is 11.6. The number of para-hydroxylation sites is 1. The molecular weight excluding hydrogens is 245 g/mol. The van der Waals surface area contributed by atoms with Gasteiger partial charge in [-0.1, -0.05) is 12.1 Å². The van der Waals surface area contributed by atoms with Gasteiger partial charge in [-0.15, -0.1) is 0 Å². The molecule has 19 heavy (non-hydrogen) atoms. The lowest BCUT2D eigenvalue weighted by atomic mass is 10.1. The molecule has 0 aliphatic carbocycles. The Kier molecular flexibility index (Phi) is 3.57. The fourth-order valence-corrected chi connectivity index (χ4v) is 2.00. The quantitative estimate of drug-likeness (QED) is 0.926. The molecule has 0 radical (unpaired) electrons. The molecule has 2 rings (SSSR count). The van der Waals surface area contributed by atoms with Crippen LogP contribution in [-0.4, -0.2) is 9.78 Å². The van der Waals surface area contributed by atoms with Crippen molar-refractivity contribution in [2.75, 3.05) is 0 Å². The number of ether oxygens (including phenoxy) is 1. The maximum atomic E-state index is 14.0. The molecule has 1 heterocycles. The molecule has 102 valence electrons. The number of hydrogen-bond acceptors (Lipinski definition) is 3. The van der Waals surface area contributed by atoms with Gasteiger partial charge in [0.15, 0.2) is 17.3 Å². The van der Waals surface area contributed by atoms with Crippen LogP contribution in [0.1, 0.15) is 29.9 Å². The summed E-state index contributed by atoms with van der Waals surface area (Å²) in [6, 6.07) is 4.46. The third-order valence-electron chi connectivity index (χ3n) is 3.13. The van der Waals surface area contributed by atoms with Crippen LogP contribution in [0.5, 0.6) is 11.5 Å². The molecule has 0 aliphatic rings. The number of nitrogens with zero attached hydrogens (tertiary/aromatic N) is 2. The Labute approximate surface area is 112 Å². The highest BCUT2D eigenvalue weighted by Crippen LogP contribution is 2.34. The zero-order valence-corrected chi connectivity index (χ0v) is 11.6. The van der Waals surface area contributed by atoms with Crippen molar-refractivity contribution in [3.8, 4) is 11.5 Å². The smallest absolute Gasteiger partial charge is 0.171 e. The monoisotopic (exact) mass is 263 g/mol. The molecule has 0 saturated carbocycles. The summed E-state index contributed by atoms with van der Waals surface area (Å²) >= 11 is 0. The first-order chi connectivity index (χ1) is 8.91. The molecule has 4 nitrogen and oxygen atoms in total. The van der Waals surface area contributed by atoms with Gasteiger partial charge in [-0.2, -0.15) is 5.10 Å². The van der Waals surface area contributed by atoms with E-state index in [0.29, 0.717) is 11.3 Å². The second-order valence-electron chi connectivity index (χ2n) is 4.67. The van der Waals surface area contributed by atoms with Gasteiger partial charge in [-0.3, -0.25) is 4.68 Å². The van der Waals surface area contributed by atoms with Crippen molar-refractivity contribution in [2.45, 2.75) is 26.8 Å². The fraction of sp³-hybridized carbons (Fsp3) is 0.357. The number of aromatic nitrogens is 2. The summed E-state index contributed by atoms with van der Waals surface area (Å²) < 4.78 is 21.4. The Morgan fingerprint density at radius 1 is 1.32 bits per heavy atom. The van der Waals surface area contributed by atoms with E-state index in [0.717, 1.165) is 11.4 Å².